The molecule has 0 amide bonds. The Bertz CT molecular complexity index is 742. The predicted octanol–water partition coefficient (Wildman–Crippen LogP) is 0.118. The van der Waals surface area contributed by atoms with Gasteiger partial charge in [0.05, 0.1) is 22.9 Å². The van der Waals surface area contributed by atoms with Crippen LogP contribution in [0.3, 0.4) is 0 Å². The highest BCUT2D eigenvalue weighted by Gasteiger charge is 2.29. The number of nitrogens with two attached hydrogens (primary N) is 1. The van der Waals surface area contributed by atoms with Crippen LogP contribution in [0.2, 0.25) is 0 Å². The number of rotatable bonds is 4. The number of hydrogen-bond donors (Lipinski definition) is 2. The summed E-state index contributed by atoms with van der Waals surface area (Å²) in [6, 6.07) is 4.42. The molecule has 7 nitrogen and oxygen atoms in total. The van der Waals surface area contributed by atoms with Crippen LogP contribution in [0.5, 0.6) is 0 Å². The highest BCUT2D eigenvalue weighted by atomic mass is 32.2. The minimum absolute atomic E-state index is 0.0124. The summed E-state index contributed by atoms with van der Waals surface area (Å²) >= 11 is 0. The topological polar surface area (TPSA) is 110 Å². The number of sulfonamides is 1. The Hall–Kier alpha value is -1.32. The molecule has 1 aliphatic heterocycles. The van der Waals surface area contributed by atoms with Gasteiger partial charge in [0.1, 0.15) is 4.90 Å². The molecule has 1 heterocycles. The number of nitrogens with zero attached hydrogens (tertiary/aromatic N) is 1. The maximum atomic E-state index is 12.2. The van der Waals surface area contributed by atoms with Gasteiger partial charge in [-0.25, -0.2) is 21.1 Å². The molecule has 1 aromatic carbocycles. The van der Waals surface area contributed by atoms with Crippen LogP contribution in [-0.2, 0) is 19.9 Å². The van der Waals surface area contributed by atoms with Crippen molar-refractivity contribution in [3.8, 4) is 0 Å². The number of anilines is 2. The second-order valence-electron chi connectivity index (χ2n) is 5.25. The SMILES string of the molecule is CN(C)S(=O)(=O)c1cccc(NC2CCS(=O)(=O)C2)c1N. The third kappa shape index (κ3) is 3.30. The number of para-hydroxylation sites is 1. The molecule has 0 radical (unpaired) electrons. The van der Waals surface area contributed by atoms with E-state index >= 15 is 0 Å². The van der Waals surface area contributed by atoms with Gasteiger partial charge in [-0.1, -0.05) is 6.07 Å². The van der Waals surface area contributed by atoms with E-state index in [-0.39, 0.29) is 28.1 Å². The average molecular weight is 333 g/mol. The van der Waals surface area contributed by atoms with Gasteiger partial charge in [0.2, 0.25) is 10.0 Å². The molecule has 1 aromatic rings. The van der Waals surface area contributed by atoms with Crippen molar-refractivity contribution in [3.05, 3.63) is 18.2 Å². The summed E-state index contributed by atoms with van der Waals surface area (Å²) in [6.07, 6.45) is 0.492. The van der Waals surface area contributed by atoms with E-state index in [2.05, 4.69) is 5.32 Å². The van der Waals surface area contributed by atoms with Crippen LogP contribution in [0.4, 0.5) is 11.4 Å². The summed E-state index contributed by atoms with van der Waals surface area (Å²) < 4.78 is 48.3. The number of benzene rings is 1. The molecule has 0 spiro atoms. The molecular formula is C12H19N3O4S2. The summed E-state index contributed by atoms with van der Waals surface area (Å²) in [4.78, 5) is 0.0124. The van der Waals surface area contributed by atoms with Gasteiger partial charge in [-0.3, -0.25) is 0 Å². The van der Waals surface area contributed by atoms with E-state index in [9.17, 15) is 16.8 Å². The van der Waals surface area contributed by atoms with Crippen LogP contribution in [0.1, 0.15) is 6.42 Å². The molecular weight excluding hydrogens is 314 g/mol. The molecule has 1 atom stereocenters. The van der Waals surface area contributed by atoms with Crippen molar-refractivity contribution < 1.29 is 16.8 Å². The third-order valence-electron chi connectivity index (χ3n) is 3.42. The zero-order valence-corrected chi connectivity index (χ0v) is 13.5. The van der Waals surface area contributed by atoms with E-state index in [1.807, 2.05) is 0 Å². The number of nitrogens with one attached hydrogen (secondary N) is 1. The van der Waals surface area contributed by atoms with Crippen LogP contribution in [0, 0.1) is 0 Å². The van der Waals surface area contributed by atoms with E-state index in [0.29, 0.717) is 12.1 Å². The fourth-order valence-electron chi connectivity index (χ4n) is 2.22. The van der Waals surface area contributed by atoms with Crippen molar-refractivity contribution in [2.45, 2.75) is 17.4 Å². The first-order valence-electron chi connectivity index (χ1n) is 6.41. The number of sulfone groups is 1. The first-order valence-corrected chi connectivity index (χ1v) is 9.67. The minimum atomic E-state index is -3.64. The Morgan fingerprint density at radius 2 is 2.00 bits per heavy atom. The molecule has 1 aliphatic rings. The third-order valence-corrected chi connectivity index (χ3v) is 7.06. The van der Waals surface area contributed by atoms with Crippen molar-refractivity contribution in [2.75, 3.05) is 36.7 Å². The van der Waals surface area contributed by atoms with Gasteiger partial charge in [-0.2, -0.15) is 0 Å². The van der Waals surface area contributed by atoms with E-state index in [1.54, 1.807) is 12.1 Å². The molecule has 1 saturated heterocycles. The van der Waals surface area contributed by atoms with Crippen molar-refractivity contribution in [1.82, 2.24) is 4.31 Å². The predicted molar refractivity (Wildman–Crippen MR) is 82.4 cm³/mol. The van der Waals surface area contributed by atoms with Crippen LogP contribution >= 0.6 is 0 Å². The second-order valence-corrected chi connectivity index (χ2v) is 9.60. The lowest BCUT2D eigenvalue weighted by molar-refractivity contribution is 0.521. The van der Waals surface area contributed by atoms with Crippen LogP contribution in [-0.4, -0.2) is 52.8 Å². The standard InChI is InChI=1S/C12H19N3O4S2/c1-15(2)21(18,19)11-5-3-4-10(12(11)13)14-9-6-7-20(16,17)8-9/h3-5,9,14H,6-8,13H2,1-2H3. The van der Waals surface area contributed by atoms with Gasteiger partial charge < -0.3 is 11.1 Å². The first-order chi connectivity index (χ1) is 9.63. The molecule has 118 valence electrons. The molecule has 2 rings (SSSR count). The highest BCUT2D eigenvalue weighted by Crippen LogP contribution is 2.29. The molecule has 1 fully saturated rings. The second kappa shape index (κ2) is 5.47. The molecule has 0 aliphatic carbocycles. The fourth-order valence-corrected chi connectivity index (χ4v) is 4.93. The van der Waals surface area contributed by atoms with Crippen molar-refractivity contribution >= 4 is 31.2 Å². The van der Waals surface area contributed by atoms with Crippen molar-refractivity contribution in [1.29, 1.82) is 0 Å². The quantitative estimate of drug-likeness (QED) is 0.757. The Kier molecular flexibility index (Phi) is 4.18. The Morgan fingerprint density at radius 1 is 1.33 bits per heavy atom. The van der Waals surface area contributed by atoms with Crippen LogP contribution in [0.15, 0.2) is 23.1 Å². The summed E-state index contributed by atoms with van der Waals surface area (Å²) in [5, 5.41) is 3.03. The van der Waals surface area contributed by atoms with Crippen LogP contribution in [0.25, 0.3) is 0 Å². The summed E-state index contributed by atoms with van der Waals surface area (Å²) in [5.74, 6) is 0.178. The largest absolute Gasteiger partial charge is 0.396 e. The zero-order valence-electron chi connectivity index (χ0n) is 11.9. The van der Waals surface area contributed by atoms with Gasteiger partial charge in [-0.15, -0.1) is 0 Å². The van der Waals surface area contributed by atoms with E-state index in [0.717, 1.165) is 4.31 Å². The van der Waals surface area contributed by atoms with E-state index in [1.165, 1.54) is 20.2 Å². The van der Waals surface area contributed by atoms with Crippen molar-refractivity contribution in [3.63, 3.8) is 0 Å². The van der Waals surface area contributed by atoms with Gasteiger partial charge >= 0.3 is 0 Å². The van der Waals surface area contributed by atoms with Gasteiger partial charge in [-0.05, 0) is 18.6 Å². The summed E-state index contributed by atoms with van der Waals surface area (Å²) in [7, 11) is -3.79. The normalized spacial score (nSPS) is 21.6. The highest BCUT2D eigenvalue weighted by molar-refractivity contribution is 7.91. The zero-order chi connectivity index (χ0) is 15.8. The Morgan fingerprint density at radius 3 is 2.52 bits per heavy atom. The van der Waals surface area contributed by atoms with Crippen molar-refractivity contribution in [2.24, 2.45) is 0 Å². The molecule has 1 unspecified atom stereocenters. The summed E-state index contributed by atoms with van der Waals surface area (Å²) in [5.41, 5.74) is 6.49. The minimum Gasteiger partial charge on any atom is -0.396 e. The van der Waals surface area contributed by atoms with Crippen LogP contribution < -0.4 is 11.1 Å². The fraction of sp³-hybridized carbons (Fsp3) is 0.500. The lowest BCUT2D eigenvalue weighted by atomic mass is 10.2. The molecule has 21 heavy (non-hydrogen) atoms. The van der Waals surface area contributed by atoms with Gasteiger partial charge in [0, 0.05) is 20.1 Å². The lowest BCUT2D eigenvalue weighted by Crippen LogP contribution is -2.25. The maximum absolute atomic E-state index is 12.2. The summed E-state index contributed by atoms with van der Waals surface area (Å²) in [6.45, 7) is 0. The molecule has 3 N–H and O–H groups in total. The van der Waals surface area contributed by atoms with Gasteiger partial charge in [0.25, 0.3) is 0 Å². The Labute approximate surface area is 125 Å². The molecule has 9 heteroatoms. The van der Waals surface area contributed by atoms with E-state index in [4.69, 9.17) is 5.73 Å². The smallest absolute Gasteiger partial charge is 0.244 e. The Balaban J connectivity index is 2.31. The number of hydrogen-bond acceptors (Lipinski definition) is 6. The first kappa shape index (κ1) is 16.1. The number of nitrogen functional groups attached to an aromatic ring is 1. The lowest BCUT2D eigenvalue weighted by Gasteiger charge is -2.18. The maximum Gasteiger partial charge on any atom is 0.244 e. The monoisotopic (exact) mass is 333 g/mol. The van der Waals surface area contributed by atoms with Gasteiger partial charge in [0.15, 0.2) is 9.84 Å². The van der Waals surface area contributed by atoms with E-state index < -0.39 is 19.9 Å². The molecule has 0 aromatic heterocycles. The molecule has 0 bridgehead atoms. The average Bonchev–Trinajstić information content (AvgIpc) is 2.71. The molecule has 0 saturated carbocycles.